The van der Waals surface area contributed by atoms with Crippen LogP contribution >= 0.6 is 22.9 Å². The Labute approximate surface area is 225 Å². The molecule has 4 aromatic heterocycles. The molecule has 0 saturated carbocycles. The fourth-order valence-corrected chi connectivity index (χ4v) is 5.49. The van der Waals surface area contributed by atoms with Gasteiger partial charge in [-0.25, -0.2) is 9.78 Å². The highest BCUT2D eigenvalue weighted by atomic mass is 35.5. The standard InChI is InChI=1S/C28H18ClN5O3S/c1-3-22-20(12-30)24-23(13-32-22)33-15(2)34(27(24)35)10-4-5-16-6-7-17(29)11-19(16)18-8-9-31-25-21(28(36)37)14-38-26(18)25/h6-9,11,13-14H,3,10H2,1-2H3,(H,36,37). The van der Waals surface area contributed by atoms with Gasteiger partial charge in [-0.15, -0.1) is 11.3 Å². The zero-order chi connectivity index (χ0) is 27.0. The summed E-state index contributed by atoms with van der Waals surface area (Å²) in [5.74, 6) is 5.60. The Hall–Kier alpha value is -4.57. The number of aromatic nitrogens is 4. The summed E-state index contributed by atoms with van der Waals surface area (Å²) in [5, 5.41) is 21.5. The number of carbonyl (C=O) groups is 1. The molecule has 0 fully saturated rings. The average Bonchev–Trinajstić information content (AvgIpc) is 3.35. The summed E-state index contributed by atoms with van der Waals surface area (Å²) in [6, 6.07) is 9.18. The summed E-state index contributed by atoms with van der Waals surface area (Å²) in [6.07, 6.45) is 3.60. The van der Waals surface area contributed by atoms with Gasteiger partial charge in [0.1, 0.15) is 11.9 Å². The molecule has 1 N–H and O–H groups in total. The van der Waals surface area contributed by atoms with E-state index in [1.165, 1.54) is 22.1 Å². The van der Waals surface area contributed by atoms with Crippen LogP contribution in [0, 0.1) is 30.1 Å². The topological polar surface area (TPSA) is 122 Å². The van der Waals surface area contributed by atoms with Gasteiger partial charge in [0.2, 0.25) is 0 Å². The number of fused-ring (bicyclic) bond motifs is 2. The van der Waals surface area contributed by atoms with Crippen molar-refractivity contribution >= 4 is 50.0 Å². The third kappa shape index (κ3) is 4.28. The van der Waals surface area contributed by atoms with E-state index in [-0.39, 0.29) is 28.6 Å². The Morgan fingerprint density at radius 1 is 1.24 bits per heavy atom. The molecule has 0 amide bonds. The van der Waals surface area contributed by atoms with E-state index in [2.05, 4.69) is 32.9 Å². The van der Waals surface area contributed by atoms with E-state index >= 15 is 0 Å². The minimum absolute atomic E-state index is 0.0538. The van der Waals surface area contributed by atoms with Gasteiger partial charge in [0.25, 0.3) is 5.56 Å². The number of nitrogens with zero attached hydrogens (tertiary/aromatic N) is 5. The molecule has 0 unspecified atom stereocenters. The van der Waals surface area contributed by atoms with Crippen LogP contribution in [0.3, 0.4) is 0 Å². The van der Waals surface area contributed by atoms with Gasteiger partial charge in [0.15, 0.2) is 0 Å². The van der Waals surface area contributed by atoms with Crippen LogP contribution in [-0.4, -0.2) is 30.6 Å². The number of thiophene rings is 1. The molecule has 0 spiro atoms. The van der Waals surface area contributed by atoms with Gasteiger partial charge < -0.3 is 5.11 Å². The highest BCUT2D eigenvalue weighted by Gasteiger charge is 2.18. The second-order valence-electron chi connectivity index (χ2n) is 8.34. The van der Waals surface area contributed by atoms with E-state index in [4.69, 9.17) is 11.6 Å². The first-order valence-corrected chi connectivity index (χ1v) is 12.8. The number of aryl methyl sites for hydroxylation is 2. The van der Waals surface area contributed by atoms with Crippen molar-refractivity contribution in [3.05, 3.63) is 85.6 Å². The molecule has 0 saturated heterocycles. The smallest absolute Gasteiger partial charge is 0.338 e. The first-order valence-electron chi connectivity index (χ1n) is 11.5. The SMILES string of the molecule is CCc1ncc2nc(C)n(CC#Cc3ccc(Cl)cc3-c3ccnc4c(C(=O)O)csc34)c(=O)c2c1C#N. The van der Waals surface area contributed by atoms with E-state index in [1.54, 1.807) is 42.8 Å². The molecule has 0 atom stereocenters. The van der Waals surface area contributed by atoms with Crippen LogP contribution in [0.2, 0.25) is 5.02 Å². The molecule has 0 aliphatic carbocycles. The van der Waals surface area contributed by atoms with Gasteiger partial charge in [0, 0.05) is 33.3 Å². The summed E-state index contributed by atoms with van der Waals surface area (Å²) in [7, 11) is 0. The Morgan fingerprint density at radius 2 is 2.05 bits per heavy atom. The molecule has 4 heterocycles. The minimum Gasteiger partial charge on any atom is -0.478 e. The zero-order valence-corrected chi connectivity index (χ0v) is 21.8. The van der Waals surface area contributed by atoms with Gasteiger partial charge in [0.05, 0.1) is 50.7 Å². The first kappa shape index (κ1) is 25.1. The molecule has 10 heteroatoms. The van der Waals surface area contributed by atoms with E-state index in [9.17, 15) is 20.0 Å². The van der Waals surface area contributed by atoms with Crippen LogP contribution in [0.15, 0.2) is 46.8 Å². The normalized spacial score (nSPS) is 10.8. The molecule has 8 nitrogen and oxygen atoms in total. The number of rotatable bonds is 4. The average molecular weight is 540 g/mol. The number of hydrogen-bond donors (Lipinski definition) is 1. The molecule has 5 aromatic rings. The van der Waals surface area contributed by atoms with Crippen molar-refractivity contribution in [1.82, 2.24) is 19.5 Å². The van der Waals surface area contributed by atoms with Gasteiger partial charge in [-0.2, -0.15) is 5.26 Å². The Kier molecular flexibility index (Phi) is 6.64. The molecular formula is C28H18ClN5O3S. The van der Waals surface area contributed by atoms with Crippen molar-refractivity contribution in [1.29, 1.82) is 5.26 Å². The third-order valence-electron chi connectivity index (χ3n) is 6.13. The minimum atomic E-state index is -1.04. The lowest BCUT2D eigenvalue weighted by atomic mass is 10.00. The number of hydrogen-bond acceptors (Lipinski definition) is 7. The monoisotopic (exact) mass is 539 g/mol. The molecule has 0 radical (unpaired) electrons. The second-order valence-corrected chi connectivity index (χ2v) is 9.65. The number of aromatic carboxylic acids is 1. The first-order chi connectivity index (χ1) is 18.3. The number of carboxylic acids is 1. The molecule has 38 heavy (non-hydrogen) atoms. The predicted octanol–water partition coefficient (Wildman–Crippen LogP) is 5.21. The van der Waals surface area contributed by atoms with Crippen molar-refractivity contribution < 1.29 is 9.90 Å². The van der Waals surface area contributed by atoms with Crippen LogP contribution in [0.1, 0.15) is 39.9 Å². The zero-order valence-electron chi connectivity index (χ0n) is 20.2. The molecule has 1 aromatic carbocycles. The molecule has 0 aliphatic heterocycles. The number of halogens is 1. The third-order valence-corrected chi connectivity index (χ3v) is 7.37. The van der Waals surface area contributed by atoms with E-state index < -0.39 is 5.97 Å². The predicted molar refractivity (Wildman–Crippen MR) is 147 cm³/mol. The summed E-state index contributed by atoms with van der Waals surface area (Å²) in [5.41, 5.74) is 3.50. The number of carboxylic acid groups (broad SMARTS) is 1. The lowest BCUT2D eigenvalue weighted by molar-refractivity contribution is 0.0699. The molecule has 0 bridgehead atoms. The van der Waals surface area contributed by atoms with Gasteiger partial charge in [-0.3, -0.25) is 19.3 Å². The fraction of sp³-hybridized carbons (Fsp3) is 0.143. The Balaban J connectivity index is 1.60. The van der Waals surface area contributed by atoms with Gasteiger partial charge >= 0.3 is 5.97 Å². The van der Waals surface area contributed by atoms with Gasteiger partial charge in [-0.05, 0) is 37.6 Å². The van der Waals surface area contributed by atoms with Crippen molar-refractivity contribution in [3.63, 3.8) is 0 Å². The van der Waals surface area contributed by atoms with Crippen molar-refractivity contribution in [2.45, 2.75) is 26.8 Å². The van der Waals surface area contributed by atoms with Crippen molar-refractivity contribution in [2.75, 3.05) is 0 Å². The largest absolute Gasteiger partial charge is 0.478 e. The number of pyridine rings is 2. The van der Waals surface area contributed by atoms with Gasteiger partial charge in [-0.1, -0.05) is 30.4 Å². The van der Waals surface area contributed by atoms with E-state index in [0.29, 0.717) is 44.3 Å². The lowest BCUT2D eigenvalue weighted by Crippen LogP contribution is -2.24. The van der Waals surface area contributed by atoms with Crippen LogP contribution in [0.4, 0.5) is 0 Å². The quantitative estimate of drug-likeness (QED) is 0.311. The lowest BCUT2D eigenvalue weighted by Gasteiger charge is -2.10. The molecule has 186 valence electrons. The van der Waals surface area contributed by atoms with Crippen molar-refractivity contribution in [3.8, 4) is 29.0 Å². The van der Waals surface area contributed by atoms with Crippen LogP contribution in [-0.2, 0) is 13.0 Å². The number of benzene rings is 1. The highest BCUT2D eigenvalue weighted by Crippen LogP contribution is 2.36. The highest BCUT2D eigenvalue weighted by molar-refractivity contribution is 7.18. The maximum Gasteiger partial charge on any atom is 0.338 e. The van der Waals surface area contributed by atoms with Crippen LogP contribution in [0.25, 0.3) is 32.2 Å². The van der Waals surface area contributed by atoms with Crippen molar-refractivity contribution in [2.24, 2.45) is 0 Å². The summed E-state index contributed by atoms with van der Waals surface area (Å²) in [4.78, 5) is 38.0. The fourth-order valence-electron chi connectivity index (χ4n) is 4.29. The summed E-state index contributed by atoms with van der Waals surface area (Å²) >= 11 is 7.60. The number of nitriles is 1. The maximum atomic E-state index is 13.4. The molecular weight excluding hydrogens is 522 g/mol. The van der Waals surface area contributed by atoms with Crippen LogP contribution < -0.4 is 5.56 Å². The van der Waals surface area contributed by atoms with E-state index in [0.717, 1.165) is 11.1 Å². The van der Waals surface area contributed by atoms with E-state index in [1.807, 2.05) is 6.92 Å². The van der Waals surface area contributed by atoms with Crippen LogP contribution in [0.5, 0.6) is 0 Å². The maximum absolute atomic E-state index is 13.4. The second kappa shape index (κ2) is 10.1. The Morgan fingerprint density at radius 3 is 2.79 bits per heavy atom. The molecule has 5 rings (SSSR count). The Bertz CT molecular complexity index is 1940. The summed E-state index contributed by atoms with van der Waals surface area (Å²) < 4.78 is 2.15. The molecule has 0 aliphatic rings. The summed E-state index contributed by atoms with van der Waals surface area (Å²) in [6.45, 7) is 3.64.